The fourth-order valence-electron chi connectivity index (χ4n) is 1.58. The summed E-state index contributed by atoms with van der Waals surface area (Å²) in [7, 11) is 0. The topological polar surface area (TPSA) is 70.7 Å². The summed E-state index contributed by atoms with van der Waals surface area (Å²) in [6.45, 7) is 0.422. The van der Waals surface area contributed by atoms with Crippen molar-refractivity contribution in [2.45, 2.75) is 12.8 Å². The van der Waals surface area contributed by atoms with Crippen molar-refractivity contribution < 1.29 is 9.18 Å². The smallest absolute Gasteiger partial charge is 0.254 e. The number of halogens is 2. The first-order valence-electron chi connectivity index (χ1n) is 5.75. The number of rotatable bonds is 5. The molecule has 2 aromatic rings. The zero-order valence-electron chi connectivity index (χ0n) is 9.99. The number of benzene rings is 1. The summed E-state index contributed by atoms with van der Waals surface area (Å²) in [5.41, 5.74) is -0.0489. The number of nitrogens with one attached hydrogen (secondary N) is 2. The highest BCUT2D eigenvalue weighted by atomic mass is 35.5. The maximum atomic E-state index is 13.6. The zero-order chi connectivity index (χ0) is 13.7. The van der Waals surface area contributed by atoms with Gasteiger partial charge in [-0.15, -0.1) is 0 Å². The molecule has 0 aliphatic heterocycles. The van der Waals surface area contributed by atoms with Crippen molar-refractivity contribution in [3.8, 4) is 0 Å². The molecule has 0 spiro atoms. The summed E-state index contributed by atoms with van der Waals surface area (Å²) in [4.78, 5) is 15.7. The number of amides is 1. The largest absolute Gasteiger partial charge is 0.352 e. The summed E-state index contributed by atoms with van der Waals surface area (Å²) in [6, 6.07) is 4.33. The Bertz CT molecular complexity index is 559. The molecule has 1 amide bonds. The van der Waals surface area contributed by atoms with Crippen molar-refractivity contribution in [3.05, 3.63) is 46.8 Å². The highest BCUT2D eigenvalue weighted by Crippen LogP contribution is 2.17. The van der Waals surface area contributed by atoms with Gasteiger partial charge in [0, 0.05) is 13.0 Å². The monoisotopic (exact) mass is 282 g/mol. The summed E-state index contributed by atoms with van der Waals surface area (Å²) in [6.07, 6.45) is 2.77. The van der Waals surface area contributed by atoms with E-state index in [1.807, 2.05) is 0 Å². The fraction of sp³-hybridized carbons (Fsp3) is 0.250. The lowest BCUT2D eigenvalue weighted by Crippen LogP contribution is -2.25. The van der Waals surface area contributed by atoms with Gasteiger partial charge in [-0.25, -0.2) is 9.37 Å². The van der Waals surface area contributed by atoms with Crippen LogP contribution in [-0.2, 0) is 6.42 Å². The van der Waals surface area contributed by atoms with Crippen LogP contribution in [0.25, 0.3) is 0 Å². The first-order chi connectivity index (χ1) is 9.18. The Balaban J connectivity index is 1.83. The molecule has 1 aromatic heterocycles. The zero-order valence-corrected chi connectivity index (χ0v) is 10.7. The van der Waals surface area contributed by atoms with Crippen LogP contribution in [0.15, 0.2) is 24.5 Å². The number of hydrogen-bond donors (Lipinski definition) is 2. The van der Waals surface area contributed by atoms with Gasteiger partial charge in [-0.2, -0.15) is 5.10 Å². The molecule has 5 nitrogen and oxygen atoms in total. The highest BCUT2D eigenvalue weighted by molar-refractivity contribution is 6.31. The molecular formula is C12H12ClFN4O. The number of nitrogens with zero attached hydrogens (tertiary/aromatic N) is 2. The molecule has 1 heterocycles. The van der Waals surface area contributed by atoms with E-state index in [1.165, 1.54) is 24.5 Å². The quantitative estimate of drug-likeness (QED) is 0.824. The third-order valence-electron chi connectivity index (χ3n) is 2.54. The molecule has 0 atom stereocenters. The summed E-state index contributed by atoms with van der Waals surface area (Å²) in [5.74, 6) is -0.419. The lowest BCUT2D eigenvalue weighted by atomic mass is 10.2. The number of aryl methyl sites for hydroxylation is 1. The molecule has 100 valence electrons. The Kier molecular flexibility index (Phi) is 4.46. The average molecular weight is 283 g/mol. The average Bonchev–Trinajstić information content (AvgIpc) is 2.91. The van der Waals surface area contributed by atoms with Crippen LogP contribution >= 0.6 is 11.6 Å². The van der Waals surface area contributed by atoms with E-state index in [1.54, 1.807) is 0 Å². The molecule has 0 saturated heterocycles. The molecular weight excluding hydrogens is 271 g/mol. The Labute approximate surface area is 114 Å². The van der Waals surface area contributed by atoms with E-state index in [2.05, 4.69) is 20.5 Å². The van der Waals surface area contributed by atoms with Crippen molar-refractivity contribution in [1.29, 1.82) is 0 Å². The van der Waals surface area contributed by atoms with Crippen molar-refractivity contribution in [3.63, 3.8) is 0 Å². The lowest BCUT2D eigenvalue weighted by molar-refractivity contribution is 0.0949. The predicted molar refractivity (Wildman–Crippen MR) is 68.4 cm³/mol. The van der Waals surface area contributed by atoms with Gasteiger partial charge in [0.25, 0.3) is 5.91 Å². The van der Waals surface area contributed by atoms with Gasteiger partial charge in [-0.1, -0.05) is 17.7 Å². The van der Waals surface area contributed by atoms with Crippen LogP contribution in [0, 0.1) is 5.82 Å². The Morgan fingerprint density at radius 2 is 2.32 bits per heavy atom. The minimum Gasteiger partial charge on any atom is -0.352 e. The second kappa shape index (κ2) is 6.29. The van der Waals surface area contributed by atoms with Crippen molar-refractivity contribution in [2.75, 3.05) is 6.54 Å². The molecule has 0 radical (unpaired) electrons. The summed E-state index contributed by atoms with van der Waals surface area (Å²) >= 11 is 5.61. The van der Waals surface area contributed by atoms with Crippen LogP contribution in [-0.4, -0.2) is 27.6 Å². The van der Waals surface area contributed by atoms with E-state index in [9.17, 15) is 9.18 Å². The Morgan fingerprint density at radius 3 is 3.05 bits per heavy atom. The number of carbonyl (C=O) groups is 1. The predicted octanol–water partition coefficient (Wildman–Crippen LogP) is 1.96. The molecule has 0 bridgehead atoms. The maximum absolute atomic E-state index is 13.6. The van der Waals surface area contributed by atoms with Gasteiger partial charge in [-0.05, 0) is 18.6 Å². The molecule has 0 fully saturated rings. The molecule has 7 heteroatoms. The lowest BCUT2D eigenvalue weighted by Gasteiger charge is -2.06. The first kappa shape index (κ1) is 13.5. The van der Waals surface area contributed by atoms with E-state index in [0.29, 0.717) is 19.4 Å². The van der Waals surface area contributed by atoms with Crippen molar-refractivity contribution in [2.24, 2.45) is 0 Å². The van der Waals surface area contributed by atoms with E-state index >= 15 is 0 Å². The van der Waals surface area contributed by atoms with Crippen molar-refractivity contribution in [1.82, 2.24) is 20.5 Å². The van der Waals surface area contributed by atoms with Gasteiger partial charge in [0.15, 0.2) is 5.82 Å². The number of aromatic amines is 1. The van der Waals surface area contributed by atoms with Crippen LogP contribution in [0.5, 0.6) is 0 Å². The van der Waals surface area contributed by atoms with Gasteiger partial charge in [-0.3, -0.25) is 9.89 Å². The first-order valence-corrected chi connectivity index (χ1v) is 6.12. The van der Waals surface area contributed by atoms with E-state index in [0.717, 1.165) is 5.82 Å². The van der Waals surface area contributed by atoms with Crippen LogP contribution < -0.4 is 5.32 Å². The Hall–Kier alpha value is -1.95. The van der Waals surface area contributed by atoms with Crippen molar-refractivity contribution >= 4 is 17.5 Å². The molecule has 2 N–H and O–H groups in total. The maximum Gasteiger partial charge on any atom is 0.254 e. The molecule has 0 unspecified atom stereocenters. The molecule has 0 aliphatic carbocycles. The van der Waals surface area contributed by atoms with E-state index < -0.39 is 11.7 Å². The molecule has 2 rings (SSSR count). The third kappa shape index (κ3) is 3.51. The minimum atomic E-state index is -0.697. The fourth-order valence-corrected chi connectivity index (χ4v) is 1.76. The van der Waals surface area contributed by atoms with Gasteiger partial charge < -0.3 is 5.32 Å². The van der Waals surface area contributed by atoms with Crippen LogP contribution in [0.2, 0.25) is 5.02 Å². The van der Waals surface area contributed by atoms with Crippen LogP contribution in [0.4, 0.5) is 4.39 Å². The molecule has 0 saturated carbocycles. The van der Waals surface area contributed by atoms with Crippen LogP contribution in [0.1, 0.15) is 22.6 Å². The normalized spacial score (nSPS) is 10.4. The van der Waals surface area contributed by atoms with Gasteiger partial charge in [0.05, 0.1) is 10.6 Å². The van der Waals surface area contributed by atoms with Gasteiger partial charge in [0.2, 0.25) is 0 Å². The molecule has 19 heavy (non-hydrogen) atoms. The number of carbonyl (C=O) groups excluding carboxylic acids is 1. The SMILES string of the molecule is O=C(NCCCc1ncn[nH]1)c1cccc(Cl)c1F. The summed E-state index contributed by atoms with van der Waals surface area (Å²) < 4.78 is 13.6. The third-order valence-corrected chi connectivity index (χ3v) is 2.83. The number of H-pyrrole nitrogens is 1. The van der Waals surface area contributed by atoms with Gasteiger partial charge in [0.1, 0.15) is 12.2 Å². The van der Waals surface area contributed by atoms with E-state index in [-0.39, 0.29) is 10.6 Å². The number of aromatic nitrogens is 3. The van der Waals surface area contributed by atoms with Gasteiger partial charge >= 0.3 is 0 Å². The highest BCUT2D eigenvalue weighted by Gasteiger charge is 2.13. The summed E-state index contributed by atoms with van der Waals surface area (Å²) in [5, 5.41) is 9.01. The standard InChI is InChI=1S/C12H12ClFN4O/c13-9-4-1-3-8(11(9)14)12(19)15-6-2-5-10-16-7-17-18-10/h1,3-4,7H,2,5-6H2,(H,15,19)(H,16,17,18). The second-order valence-corrected chi connectivity index (χ2v) is 4.30. The molecule has 0 aliphatic rings. The molecule has 1 aromatic carbocycles. The number of hydrogen-bond acceptors (Lipinski definition) is 3. The minimum absolute atomic E-state index is 0.0489. The second-order valence-electron chi connectivity index (χ2n) is 3.89. The van der Waals surface area contributed by atoms with Crippen LogP contribution in [0.3, 0.4) is 0 Å². The Morgan fingerprint density at radius 1 is 1.47 bits per heavy atom. The van der Waals surface area contributed by atoms with E-state index in [4.69, 9.17) is 11.6 Å².